The molecular weight excluding hydrogens is 366 g/mol. The molecule has 1 aromatic carbocycles. The van der Waals surface area contributed by atoms with Gasteiger partial charge in [-0.2, -0.15) is 4.31 Å². The largest absolute Gasteiger partial charge is 0.497 e. The SMILES string of the molecule is CCCCCCNC(=O)C[NH+]1CCN(S(=O)(=O)c2ccc(OC)cc2)CC1. The highest BCUT2D eigenvalue weighted by Gasteiger charge is 2.31. The van der Waals surface area contributed by atoms with E-state index in [9.17, 15) is 13.2 Å². The Balaban J connectivity index is 1.77. The number of carbonyl (C=O) groups is 1. The van der Waals surface area contributed by atoms with E-state index in [4.69, 9.17) is 4.74 Å². The molecule has 0 saturated carbocycles. The summed E-state index contributed by atoms with van der Waals surface area (Å²) in [5, 5.41) is 2.96. The molecule has 1 aromatic rings. The average molecular weight is 399 g/mol. The number of amides is 1. The monoisotopic (exact) mass is 398 g/mol. The maximum Gasteiger partial charge on any atom is 0.275 e. The zero-order chi connectivity index (χ0) is 19.7. The number of hydrogen-bond acceptors (Lipinski definition) is 4. The Bertz CT molecular complexity index is 683. The van der Waals surface area contributed by atoms with Gasteiger partial charge in [0.05, 0.1) is 38.2 Å². The molecule has 8 heteroatoms. The third kappa shape index (κ3) is 6.48. The second-order valence-corrected chi connectivity index (χ2v) is 8.85. The molecule has 0 aliphatic carbocycles. The summed E-state index contributed by atoms with van der Waals surface area (Å²) in [4.78, 5) is 13.4. The van der Waals surface area contributed by atoms with Gasteiger partial charge in [0, 0.05) is 6.54 Å². The molecule has 152 valence electrons. The summed E-state index contributed by atoms with van der Waals surface area (Å²) in [6, 6.07) is 6.44. The van der Waals surface area contributed by atoms with Crippen molar-refractivity contribution in [1.29, 1.82) is 0 Å². The van der Waals surface area contributed by atoms with Crippen molar-refractivity contribution in [2.75, 3.05) is 46.4 Å². The summed E-state index contributed by atoms with van der Waals surface area (Å²) in [6.07, 6.45) is 4.54. The zero-order valence-corrected chi connectivity index (χ0v) is 17.2. The molecule has 0 aromatic heterocycles. The molecule has 0 atom stereocenters. The van der Waals surface area contributed by atoms with E-state index in [-0.39, 0.29) is 10.8 Å². The Kier molecular flexibility index (Phi) is 8.53. The van der Waals surface area contributed by atoms with Gasteiger partial charge in [0.25, 0.3) is 5.91 Å². The van der Waals surface area contributed by atoms with Crippen molar-refractivity contribution in [2.45, 2.75) is 37.5 Å². The number of unbranched alkanes of at least 4 members (excludes halogenated alkanes) is 3. The minimum atomic E-state index is -3.50. The van der Waals surface area contributed by atoms with E-state index in [0.29, 0.717) is 38.5 Å². The summed E-state index contributed by atoms with van der Waals surface area (Å²) in [5.74, 6) is 0.678. The van der Waals surface area contributed by atoms with Gasteiger partial charge < -0.3 is 15.0 Å². The van der Waals surface area contributed by atoms with Crippen molar-refractivity contribution in [3.8, 4) is 5.75 Å². The quantitative estimate of drug-likeness (QED) is 0.555. The summed E-state index contributed by atoms with van der Waals surface area (Å²) in [7, 11) is -1.95. The maximum absolute atomic E-state index is 12.7. The summed E-state index contributed by atoms with van der Waals surface area (Å²) in [6.45, 7) is 5.42. The van der Waals surface area contributed by atoms with E-state index >= 15 is 0 Å². The van der Waals surface area contributed by atoms with Gasteiger partial charge in [-0.3, -0.25) is 4.79 Å². The number of quaternary nitrogens is 1. The van der Waals surface area contributed by atoms with Gasteiger partial charge in [0.15, 0.2) is 6.54 Å². The molecule has 1 aliphatic heterocycles. The van der Waals surface area contributed by atoms with Crippen LogP contribution < -0.4 is 15.0 Å². The fourth-order valence-corrected chi connectivity index (χ4v) is 4.63. The van der Waals surface area contributed by atoms with Gasteiger partial charge in [-0.1, -0.05) is 26.2 Å². The lowest BCUT2D eigenvalue weighted by molar-refractivity contribution is -0.895. The summed E-state index contributed by atoms with van der Waals surface area (Å²) >= 11 is 0. The molecule has 1 aliphatic rings. The maximum atomic E-state index is 12.7. The Morgan fingerprint density at radius 1 is 1.15 bits per heavy atom. The van der Waals surface area contributed by atoms with Gasteiger partial charge in [-0.05, 0) is 30.7 Å². The average Bonchev–Trinajstić information content (AvgIpc) is 2.68. The summed E-state index contributed by atoms with van der Waals surface area (Å²) in [5.41, 5.74) is 0. The number of nitrogens with zero attached hydrogens (tertiary/aromatic N) is 1. The first-order valence-electron chi connectivity index (χ1n) is 9.72. The van der Waals surface area contributed by atoms with Crippen LogP contribution >= 0.6 is 0 Å². The molecule has 1 heterocycles. The minimum Gasteiger partial charge on any atom is -0.497 e. The second-order valence-electron chi connectivity index (χ2n) is 6.92. The third-order valence-corrected chi connectivity index (χ3v) is 6.80. The van der Waals surface area contributed by atoms with Crippen LogP contribution in [0.4, 0.5) is 0 Å². The number of piperazine rings is 1. The van der Waals surface area contributed by atoms with Crippen molar-refractivity contribution < 1.29 is 22.8 Å². The van der Waals surface area contributed by atoms with Crippen LogP contribution in [0, 0.1) is 0 Å². The predicted octanol–water partition coefficient (Wildman–Crippen LogP) is 0.281. The van der Waals surface area contributed by atoms with Crippen LogP contribution in [0.1, 0.15) is 32.6 Å². The lowest BCUT2D eigenvalue weighted by Crippen LogP contribution is -3.15. The molecule has 2 rings (SSSR count). The Labute approximate surface area is 162 Å². The first kappa shape index (κ1) is 21.7. The number of sulfonamides is 1. The lowest BCUT2D eigenvalue weighted by Gasteiger charge is -2.31. The summed E-state index contributed by atoms with van der Waals surface area (Å²) < 4.78 is 32.1. The first-order chi connectivity index (χ1) is 13.0. The first-order valence-corrected chi connectivity index (χ1v) is 11.2. The smallest absolute Gasteiger partial charge is 0.275 e. The lowest BCUT2D eigenvalue weighted by atomic mass is 10.2. The molecule has 0 unspecified atom stereocenters. The van der Waals surface area contributed by atoms with Crippen molar-refractivity contribution in [2.24, 2.45) is 0 Å². The normalized spacial score (nSPS) is 16.2. The number of benzene rings is 1. The number of methoxy groups -OCH3 is 1. The fraction of sp³-hybridized carbons (Fsp3) is 0.632. The number of carbonyl (C=O) groups excluding carboxylic acids is 1. The van der Waals surface area contributed by atoms with E-state index in [1.165, 1.54) is 17.1 Å². The minimum absolute atomic E-state index is 0.0490. The van der Waals surface area contributed by atoms with E-state index < -0.39 is 10.0 Å². The van der Waals surface area contributed by atoms with Gasteiger partial charge >= 0.3 is 0 Å². The Morgan fingerprint density at radius 2 is 1.81 bits per heavy atom. The topological polar surface area (TPSA) is 80.2 Å². The van der Waals surface area contributed by atoms with Crippen LogP contribution in [0.5, 0.6) is 5.75 Å². The van der Waals surface area contributed by atoms with Gasteiger partial charge in [-0.25, -0.2) is 8.42 Å². The number of hydrogen-bond donors (Lipinski definition) is 2. The van der Waals surface area contributed by atoms with Crippen LogP contribution in [-0.4, -0.2) is 65.0 Å². The van der Waals surface area contributed by atoms with Crippen molar-refractivity contribution in [1.82, 2.24) is 9.62 Å². The molecule has 0 radical (unpaired) electrons. The van der Waals surface area contributed by atoms with E-state index in [0.717, 1.165) is 24.3 Å². The van der Waals surface area contributed by atoms with Crippen LogP contribution in [0.2, 0.25) is 0 Å². The van der Waals surface area contributed by atoms with Crippen LogP contribution in [-0.2, 0) is 14.8 Å². The van der Waals surface area contributed by atoms with Crippen LogP contribution in [0.3, 0.4) is 0 Å². The zero-order valence-electron chi connectivity index (χ0n) is 16.4. The standard InChI is InChI=1S/C19H31N3O4S/c1-3-4-5-6-11-20-19(23)16-21-12-14-22(15-13-21)27(24,25)18-9-7-17(26-2)8-10-18/h7-10H,3-6,11-16H2,1-2H3,(H,20,23)/p+1. The molecule has 2 N–H and O–H groups in total. The highest BCUT2D eigenvalue weighted by atomic mass is 32.2. The molecular formula is C19H32N3O4S+. The van der Waals surface area contributed by atoms with Crippen LogP contribution in [0.15, 0.2) is 29.2 Å². The molecule has 1 fully saturated rings. The van der Waals surface area contributed by atoms with Crippen molar-refractivity contribution in [3.63, 3.8) is 0 Å². The molecule has 27 heavy (non-hydrogen) atoms. The molecule has 7 nitrogen and oxygen atoms in total. The molecule has 1 saturated heterocycles. The molecule has 1 amide bonds. The van der Waals surface area contributed by atoms with E-state index in [1.54, 1.807) is 31.4 Å². The number of rotatable bonds is 10. The van der Waals surface area contributed by atoms with E-state index in [2.05, 4.69) is 12.2 Å². The highest BCUT2D eigenvalue weighted by molar-refractivity contribution is 7.89. The van der Waals surface area contributed by atoms with Gasteiger partial charge in [0.2, 0.25) is 10.0 Å². The van der Waals surface area contributed by atoms with Crippen molar-refractivity contribution in [3.05, 3.63) is 24.3 Å². The third-order valence-electron chi connectivity index (χ3n) is 4.89. The molecule has 0 spiro atoms. The predicted molar refractivity (Wildman–Crippen MR) is 104 cm³/mol. The Morgan fingerprint density at radius 3 is 2.41 bits per heavy atom. The van der Waals surface area contributed by atoms with E-state index in [1.807, 2.05) is 0 Å². The van der Waals surface area contributed by atoms with Crippen LogP contribution in [0.25, 0.3) is 0 Å². The van der Waals surface area contributed by atoms with Gasteiger partial charge in [0.1, 0.15) is 5.75 Å². The van der Waals surface area contributed by atoms with Gasteiger partial charge in [-0.15, -0.1) is 0 Å². The number of nitrogens with one attached hydrogen (secondary N) is 2. The number of ether oxygens (including phenoxy) is 1. The Hall–Kier alpha value is -1.64. The highest BCUT2D eigenvalue weighted by Crippen LogP contribution is 2.19. The van der Waals surface area contributed by atoms with Crippen molar-refractivity contribution >= 4 is 15.9 Å². The molecule has 0 bridgehead atoms. The fourth-order valence-electron chi connectivity index (χ4n) is 3.19. The second kappa shape index (κ2) is 10.6.